The molecule has 0 atom stereocenters. The van der Waals surface area contributed by atoms with Crippen LogP contribution >= 0.6 is 0 Å². The number of nitrogens with zero attached hydrogens (tertiary/aromatic N) is 1. The van der Waals surface area contributed by atoms with Crippen molar-refractivity contribution in [2.45, 2.75) is 13.0 Å². The first-order valence-corrected chi connectivity index (χ1v) is 12.7. The third-order valence-corrected chi connectivity index (χ3v) is 6.07. The van der Waals surface area contributed by atoms with Gasteiger partial charge < -0.3 is 24.8 Å². The summed E-state index contributed by atoms with van der Waals surface area (Å²) in [6.45, 7) is -0.484. The highest BCUT2D eigenvalue weighted by Crippen LogP contribution is 2.18. The predicted molar refractivity (Wildman–Crippen MR) is 152 cm³/mol. The fraction of sp³-hybridized carbons (Fsp3) is 0.125. The van der Waals surface area contributed by atoms with Gasteiger partial charge >= 0.3 is 11.9 Å². The van der Waals surface area contributed by atoms with Gasteiger partial charge in [0.2, 0.25) is 5.91 Å². The molecule has 0 fully saturated rings. The smallest absolute Gasteiger partial charge is 0.343 e. The number of amides is 2. The van der Waals surface area contributed by atoms with Gasteiger partial charge in [0, 0.05) is 17.8 Å². The van der Waals surface area contributed by atoms with Crippen molar-refractivity contribution in [3.63, 3.8) is 0 Å². The topological polar surface area (TPSA) is 122 Å². The van der Waals surface area contributed by atoms with Crippen LogP contribution in [0.15, 0.2) is 103 Å². The first kappa shape index (κ1) is 28.6. The maximum atomic E-state index is 13.2. The zero-order valence-corrected chi connectivity index (χ0v) is 22.3. The first-order chi connectivity index (χ1) is 19.8. The molecule has 4 rings (SSSR count). The lowest BCUT2D eigenvalue weighted by Crippen LogP contribution is -2.35. The molecule has 2 amide bonds. The predicted octanol–water partition coefficient (Wildman–Crippen LogP) is 4.82. The van der Waals surface area contributed by atoms with Gasteiger partial charge in [-0.25, -0.2) is 4.79 Å². The maximum absolute atomic E-state index is 13.2. The largest absolute Gasteiger partial charge is 0.497 e. The Morgan fingerprint density at radius 3 is 1.95 bits per heavy atom. The number of carbonyl (C=O) groups is 4. The average Bonchev–Trinajstić information content (AvgIpc) is 2.98. The zero-order valence-electron chi connectivity index (χ0n) is 22.3. The molecule has 9 nitrogen and oxygen atoms in total. The van der Waals surface area contributed by atoms with Gasteiger partial charge in [0.15, 0.2) is 0 Å². The number of hydrogen-bond donors (Lipinski definition) is 2. The summed E-state index contributed by atoms with van der Waals surface area (Å²) < 4.78 is 10.5. The van der Waals surface area contributed by atoms with Crippen LogP contribution in [0.3, 0.4) is 0 Å². The monoisotopic (exact) mass is 552 g/mol. The lowest BCUT2D eigenvalue weighted by molar-refractivity contribution is -0.137. The summed E-state index contributed by atoms with van der Waals surface area (Å²) in [5.41, 5.74) is 2.67. The molecule has 4 aromatic rings. The van der Waals surface area contributed by atoms with Gasteiger partial charge in [0.25, 0.3) is 5.91 Å². The molecule has 0 bridgehead atoms. The van der Waals surface area contributed by atoms with Crippen molar-refractivity contribution in [1.82, 2.24) is 4.90 Å². The number of esters is 1. The fourth-order valence-corrected chi connectivity index (χ4v) is 4.00. The Morgan fingerprint density at radius 1 is 0.732 bits per heavy atom. The summed E-state index contributed by atoms with van der Waals surface area (Å²) >= 11 is 0. The van der Waals surface area contributed by atoms with Crippen molar-refractivity contribution in [3.8, 4) is 11.5 Å². The molecular weight excluding hydrogens is 524 g/mol. The third-order valence-electron chi connectivity index (χ3n) is 6.07. The lowest BCUT2D eigenvalue weighted by Gasteiger charge is -2.21. The summed E-state index contributed by atoms with van der Waals surface area (Å²) in [6.07, 6.45) is 0.168. The maximum Gasteiger partial charge on any atom is 0.343 e. The highest BCUT2D eigenvalue weighted by Gasteiger charge is 2.19. The van der Waals surface area contributed by atoms with Crippen LogP contribution in [0.5, 0.6) is 11.5 Å². The Kier molecular flexibility index (Phi) is 9.45. The van der Waals surface area contributed by atoms with E-state index in [1.54, 1.807) is 86.0 Å². The molecule has 0 radical (unpaired) electrons. The molecule has 0 saturated heterocycles. The van der Waals surface area contributed by atoms with Gasteiger partial charge in [-0.3, -0.25) is 14.4 Å². The quantitative estimate of drug-likeness (QED) is 0.202. The Bertz CT molecular complexity index is 1500. The van der Waals surface area contributed by atoms with E-state index < -0.39 is 24.4 Å². The van der Waals surface area contributed by atoms with Gasteiger partial charge in [0.05, 0.1) is 19.1 Å². The van der Waals surface area contributed by atoms with Gasteiger partial charge in [-0.15, -0.1) is 0 Å². The van der Waals surface area contributed by atoms with Crippen LogP contribution in [-0.2, 0) is 22.6 Å². The first-order valence-electron chi connectivity index (χ1n) is 12.7. The minimum Gasteiger partial charge on any atom is -0.497 e. The summed E-state index contributed by atoms with van der Waals surface area (Å²) in [5, 5.41) is 12.2. The van der Waals surface area contributed by atoms with Crippen molar-refractivity contribution >= 4 is 29.4 Å². The van der Waals surface area contributed by atoms with E-state index in [9.17, 15) is 24.3 Å². The Morgan fingerprint density at radius 2 is 1.34 bits per heavy atom. The van der Waals surface area contributed by atoms with Gasteiger partial charge in [-0.1, -0.05) is 42.5 Å². The van der Waals surface area contributed by atoms with Gasteiger partial charge in [0.1, 0.15) is 18.0 Å². The highest BCUT2D eigenvalue weighted by atomic mass is 16.5. The average molecular weight is 553 g/mol. The number of nitrogens with one attached hydrogen (secondary N) is 1. The van der Waals surface area contributed by atoms with Crippen LogP contribution in [0.1, 0.15) is 31.8 Å². The van der Waals surface area contributed by atoms with E-state index in [0.717, 1.165) is 5.56 Å². The molecule has 0 aliphatic heterocycles. The number of benzene rings is 4. The van der Waals surface area contributed by atoms with E-state index >= 15 is 0 Å². The molecule has 0 aliphatic rings. The van der Waals surface area contributed by atoms with E-state index in [-0.39, 0.29) is 24.4 Å². The van der Waals surface area contributed by atoms with E-state index in [1.807, 2.05) is 12.1 Å². The fourth-order valence-electron chi connectivity index (χ4n) is 4.00. The number of anilines is 1. The molecule has 208 valence electrons. The molecular formula is C32H28N2O7. The van der Waals surface area contributed by atoms with Crippen molar-refractivity contribution < 1.29 is 33.8 Å². The lowest BCUT2D eigenvalue weighted by atomic mass is 10.1. The second kappa shape index (κ2) is 13.6. The number of carbonyl (C=O) groups excluding carboxylic acids is 3. The normalized spacial score (nSPS) is 10.4. The number of methoxy groups -OCH3 is 1. The van der Waals surface area contributed by atoms with Crippen LogP contribution in [0.2, 0.25) is 0 Å². The summed E-state index contributed by atoms with van der Waals surface area (Å²) in [5.74, 6) is -1.34. The second-order valence-corrected chi connectivity index (χ2v) is 9.10. The summed E-state index contributed by atoms with van der Waals surface area (Å²) in [4.78, 5) is 50.6. The molecule has 0 saturated carbocycles. The minimum atomic E-state index is -1.16. The minimum absolute atomic E-state index is 0.0262. The van der Waals surface area contributed by atoms with E-state index in [4.69, 9.17) is 9.47 Å². The third kappa shape index (κ3) is 8.27. The van der Waals surface area contributed by atoms with Crippen molar-refractivity contribution in [3.05, 3.63) is 125 Å². The standard InChI is InChI=1S/C32H28N2O7/c1-40-27-15-7-22(8-16-27)19-29(35)33-26-13-11-24(12-14-26)31(38)34(21-30(36)37)20-23-9-17-28(18-10-23)41-32(39)25-5-3-2-4-6-25/h2-18H,19-21H2,1H3,(H,33,35)(H,36,37). The molecule has 0 aliphatic carbocycles. The number of carboxylic acids is 1. The molecule has 0 heterocycles. The van der Waals surface area contributed by atoms with Crippen molar-refractivity contribution in [2.24, 2.45) is 0 Å². The van der Waals surface area contributed by atoms with Crippen molar-refractivity contribution in [1.29, 1.82) is 0 Å². The number of aliphatic carboxylic acids is 1. The highest BCUT2D eigenvalue weighted by molar-refractivity contribution is 5.97. The van der Waals surface area contributed by atoms with Crippen LogP contribution in [0.25, 0.3) is 0 Å². The number of hydrogen-bond acceptors (Lipinski definition) is 6. The molecule has 4 aromatic carbocycles. The SMILES string of the molecule is COc1ccc(CC(=O)Nc2ccc(C(=O)N(CC(=O)O)Cc3ccc(OC(=O)c4ccccc4)cc3)cc2)cc1. The molecule has 9 heteroatoms. The Hall–Kier alpha value is -5.44. The molecule has 0 spiro atoms. The van der Waals surface area contributed by atoms with Crippen LogP contribution in [0, 0.1) is 0 Å². The summed E-state index contributed by atoms with van der Waals surface area (Å²) in [7, 11) is 1.57. The second-order valence-electron chi connectivity index (χ2n) is 9.10. The molecule has 0 unspecified atom stereocenters. The van der Waals surface area contributed by atoms with Crippen LogP contribution in [-0.4, -0.2) is 47.4 Å². The van der Waals surface area contributed by atoms with E-state index in [2.05, 4.69) is 5.32 Å². The zero-order chi connectivity index (χ0) is 29.2. The van der Waals surface area contributed by atoms with E-state index in [0.29, 0.717) is 28.3 Å². The Labute approximate surface area is 236 Å². The Balaban J connectivity index is 1.37. The number of carboxylic acid groups (broad SMARTS) is 1. The molecule has 41 heavy (non-hydrogen) atoms. The summed E-state index contributed by atoms with van der Waals surface area (Å²) in [6, 6.07) is 28.5. The molecule has 0 aromatic heterocycles. The number of ether oxygens (including phenoxy) is 2. The van der Waals surface area contributed by atoms with Gasteiger partial charge in [-0.2, -0.15) is 0 Å². The van der Waals surface area contributed by atoms with Crippen LogP contribution < -0.4 is 14.8 Å². The van der Waals surface area contributed by atoms with E-state index in [1.165, 1.54) is 17.0 Å². The molecule has 2 N–H and O–H groups in total. The van der Waals surface area contributed by atoms with Crippen LogP contribution in [0.4, 0.5) is 5.69 Å². The van der Waals surface area contributed by atoms with Gasteiger partial charge in [-0.05, 0) is 71.8 Å². The number of rotatable bonds is 11. The van der Waals surface area contributed by atoms with Crippen molar-refractivity contribution in [2.75, 3.05) is 19.0 Å².